The quantitative estimate of drug-likeness (QED) is 0.930. The lowest BCUT2D eigenvalue weighted by atomic mass is 9.78. The number of anilines is 1. The van der Waals surface area contributed by atoms with E-state index in [1.807, 2.05) is 0 Å². The summed E-state index contributed by atoms with van der Waals surface area (Å²) in [6, 6.07) is 9.60. The molecule has 0 fully saturated rings. The number of carbonyl (C=O) groups excluding carboxylic acids is 1. The summed E-state index contributed by atoms with van der Waals surface area (Å²) in [5.74, 6) is 0.137. The average Bonchev–Trinajstić information content (AvgIpc) is 2.71. The van der Waals surface area contributed by atoms with E-state index >= 15 is 0 Å². The Morgan fingerprint density at radius 1 is 1.27 bits per heavy atom. The molecular weight excluding hydrogens is 305 g/mol. The largest absolute Gasteiger partial charge is 0.496 e. The molecule has 1 heterocycles. The molecule has 1 unspecified atom stereocenters. The Balaban J connectivity index is 2.07. The van der Waals surface area contributed by atoms with Gasteiger partial charge in [0.2, 0.25) is 5.91 Å². The second-order valence-corrected chi connectivity index (χ2v) is 6.05. The van der Waals surface area contributed by atoms with Crippen LogP contribution in [0.3, 0.4) is 0 Å². The molecular formula is C17H15ClFNO2. The van der Waals surface area contributed by atoms with Gasteiger partial charge < -0.3 is 10.1 Å². The fourth-order valence-corrected chi connectivity index (χ4v) is 3.10. The van der Waals surface area contributed by atoms with Crippen LogP contribution in [0.1, 0.15) is 18.1 Å². The molecule has 0 saturated heterocycles. The van der Waals surface area contributed by atoms with Crippen molar-refractivity contribution in [3.05, 3.63) is 58.4 Å². The maximum Gasteiger partial charge on any atom is 0.235 e. The number of benzene rings is 2. The number of ether oxygens (including phenoxy) is 1. The Hall–Kier alpha value is -2.07. The molecule has 0 bridgehead atoms. The number of nitrogens with one attached hydrogen (secondary N) is 1. The van der Waals surface area contributed by atoms with Gasteiger partial charge in [-0.25, -0.2) is 4.39 Å². The van der Waals surface area contributed by atoms with Gasteiger partial charge in [0.25, 0.3) is 0 Å². The van der Waals surface area contributed by atoms with Gasteiger partial charge >= 0.3 is 0 Å². The zero-order valence-electron chi connectivity index (χ0n) is 12.2. The first kappa shape index (κ1) is 14.9. The van der Waals surface area contributed by atoms with Crippen LogP contribution in [-0.4, -0.2) is 13.0 Å². The van der Waals surface area contributed by atoms with Crippen molar-refractivity contribution < 1.29 is 13.9 Å². The lowest BCUT2D eigenvalue weighted by molar-refractivity contribution is -0.120. The van der Waals surface area contributed by atoms with Crippen LogP contribution in [0, 0.1) is 5.82 Å². The van der Waals surface area contributed by atoms with E-state index in [1.165, 1.54) is 12.1 Å². The Labute approximate surface area is 133 Å². The molecule has 1 aliphatic heterocycles. The van der Waals surface area contributed by atoms with E-state index in [9.17, 15) is 9.18 Å². The molecule has 1 N–H and O–H groups in total. The minimum atomic E-state index is -0.866. The molecule has 0 radical (unpaired) electrons. The second-order valence-electron chi connectivity index (χ2n) is 5.61. The van der Waals surface area contributed by atoms with Crippen LogP contribution < -0.4 is 10.1 Å². The molecule has 0 spiro atoms. The molecule has 1 atom stereocenters. The zero-order chi connectivity index (χ0) is 15.9. The summed E-state index contributed by atoms with van der Waals surface area (Å²) in [6.07, 6.45) is 0.374. The Bertz CT molecular complexity index is 762. The minimum Gasteiger partial charge on any atom is -0.496 e. The highest BCUT2D eigenvalue weighted by Gasteiger charge is 2.43. The molecule has 5 heteroatoms. The van der Waals surface area contributed by atoms with Crippen molar-refractivity contribution in [3.8, 4) is 5.75 Å². The van der Waals surface area contributed by atoms with Crippen molar-refractivity contribution in [2.24, 2.45) is 0 Å². The first-order chi connectivity index (χ1) is 10.4. The maximum atomic E-state index is 13.6. The van der Waals surface area contributed by atoms with Gasteiger partial charge in [0.15, 0.2) is 0 Å². The van der Waals surface area contributed by atoms with E-state index in [2.05, 4.69) is 5.32 Å². The van der Waals surface area contributed by atoms with Crippen molar-refractivity contribution in [2.45, 2.75) is 18.8 Å². The Kier molecular flexibility index (Phi) is 3.57. The number of fused-ring (bicyclic) bond motifs is 1. The maximum absolute atomic E-state index is 13.6. The lowest BCUT2D eigenvalue weighted by Gasteiger charge is -2.23. The summed E-state index contributed by atoms with van der Waals surface area (Å²) >= 11 is 6.05. The molecule has 3 rings (SSSR count). The first-order valence-electron chi connectivity index (χ1n) is 6.88. The summed E-state index contributed by atoms with van der Waals surface area (Å²) in [5, 5.41) is 3.38. The smallest absolute Gasteiger partial charge is 0.235 e. The molecule has 3 nitrogen and oxygen atoms in total. The molecule has 22 heavy (non-hydrogen) atoms. The molecule has 2 aromatic rings. The van der Waals surface area contributed by atoms with Crippen LogP contribution in [0.15, 0.2) is 36.4 Å². The molecule has 0 aliphatic carbocycles. The van der Waals surface area contributed by atoms with Crippen LogP contribution in [0.4, 0.5) is 10.1 Å². The fraction of sp³-hybridized carbons (Fsp3) is 0.235. The predicted molar refractivity (Wildman–Crippen MR) is 84.1 cm³/mol. The number of hydrogen-bond donors (Lipinski definition) is 1. The molecule has 0 aromatic heterocycles. The van der Waals surface area contributed by atoms with Gasteiger partial charge in [-0.05, 0) is 60.9 Å². The highest BCUT2D eigenvalue weighted by atomic mass is 35.5. The third-order valence-corrected chi connectivity index (χ3v) is 4.35. The highest BCUT2D eigenvalue weighted by molar-refractivity contribution is 6.30. The van der Waals surface area contributed by atoms with Gasteiger partial charge in [-0.15, -0.1) is 0 Å². The van der Waals surface area contributed by atoms with Crippen LogP contribution >= 0.6 is 11.6 Å². The van der Waals surface area contributed by atoms with E-state index < -0.39 is 5.41 Å². The van der Waals surface area contributed by atoms with Gasteiger partial charge in [-0.3, -0.25) is 4.79 Å². The third-order valence-electron chi connectivity index (χ3n) is 4.11. The summed E-state index contributed by atoms with van der Waals surface area (Å²) in [7, 11) is 1.57. The van der Waals surface area contributed by atoms with Gasteiger partial charge in [-0.1, -0.05) is 11.6 Å². The van der Waals surface area contributed by atoms with Gasteiger partial charge in [-0.2, -0.15) is 0 Å². The number of halogens is 2. The van der Waals surface area contributed by atoms with Gasteiger partial charge in [0.05, 0.1) is 12.5 Å². The molecule has 2 aromatic carbocycles. The molecule has 1 aliphatic rings. The number of carbonyl (C=O) groups is 1. The van der Waals surface area contributed by atoms with E-state index in [0.29, 0.717) is 28.4 Å². The molecule has 0 saturated carbocycles. The average molecular weight is 320 g/mol. The van der Waals surface area contributed by atoms with E-state index in [1.54, 1.807) is 38.3 Å². The number of amides is 1. The SMILES string of the molecule is COc1ccc(Cl)cc1CC1(C)C(=O)Nc2ccc(F)cc21. The topological polar surface area (TPSA) is 38.3 Å². The lowest BCUT2D eigenvalue weighted by Crippen LogP contribution is -2.33. The van der Waals surface area contributed by atoms with Crippen LogP contribution in [0.5, 0.6) is 5.75 Å². The number of methoxy groups -OCH3 is 1. The number of hydrogen-bond acceptors (Lipinski definition) is 2. The monoisotopic (exact) mass is 319 g/mol. The Morgan fingerprint density at radius 2 is 2.05 bits per heavy atom. The fourth-order valence-electron chi connectivity index (χ4n) is 2.91. The Morgan fingerprint density at radius 3 is 2.77 bits per heavy atom. The highest BCUT2D eigenvalue weighted by Crippen LogP contribution is 2.42. The van der Waals surface area contributed by atoms with E-state index in [4.69, 9.17) is 16.3 Å². The van der Waals surface area contributed by atoms with Gasteiger partial charge in [0, 0.05) is 10.7 Å². The zero-order valence-corrected chi connectivity index (χ0v) is 13.0. The van der Waals surface area contributed by atoms with Crippen LogP contribution in [0.25, 0.3) is 0 Å². The standard InChI is InChI=1S/C17H15ClFNO2/c1-17(9-10-7-11(18)3-6-15(10)22-2)13-8-12(19)4-5-14(13)20-16(17)21/h3-8H,9H2,1-2H3,(H,20,21). The normalized spacial score (nSPS) is 19.7. The molecule has 1 amide bonds. The molecule has 114 valence electrons. The minimum absolute atomic E-state index is 0.157. The van der Waals surface area contributed by atoms with Crippen molar-refractivity contribution in [1.82, 2.24) is 0 Å². The number of rotatable bonds is 3. The summed E-state index contributed by atoms with van der Waals surface area (Å²) in [5.41, 5.74) is 1.24. The van der Waals surface area contributed by atoms with Crippen LogP contribution in [-0.2, 0) is 16.6 Å². The van der Waals surface area contributed by atoms with Gasteiger partial charge in [0.1, 0.15) is 11.6 Å². The van der Waals surface area contributed by atoms with Crippen molar-refractivity contribution >= 4 is 23.2 Å². The van der Waals surface area contributed by atoms with Crippen molar-refractivity contribution in [3.63, 3.8) is 0 Å². The summed E-state index contributed by atoms with van der Waals surface area (Å²) in [4.78, 5) is 12.4. The summed E-state index contributed by atoms with van der Waals surface area (Å²) < 4.78 is 18.9. The van der Waals surface area contributed by atoms with Crippen molar-refractivity contribution in [2.75, 3.05) is 12.4 Å². The predicted octanol–water partition coefficient (Wildman–Crippen LogP) is 3.94. The summed E-state index contributed by atoms with van der Waals surface area (Å²) in [6.45, 7) is 1.80. The van der Waals surface area contributed by atoms with E-state index in [-0.39, 0.29) is 11.7 Å². The third kappa shape index (κ3) is 2.33. The van der Waals surface area contributed by atoms with Crippen LogP contribution in [0.2, 0.25) is 5.02 Å². The first-order valence-corrected chi connectivity index (χ1v) is 7.26. The second kappa shape index (κ2) is 5.29. The van der Waals surface area contributed by atoms with E-state index in [0.717, 1.165) is 5.56 Å². The van der Waals surface area contributed by atoms with Crippen molar-refractivity contribution in [1.29, 1.82) is 0 Å².